The zero-order valence-electron chi connectivity index (χ0n) is 13.8. The lowest BCUT2D eigenvalue weighted by Gasteiger charge is -2.36. The Morgan fingerprint density at radius 3 is 2.76 bits per heavy atom. The fraction of sp³-hybridized carbons (Fsp3) is 0.611. The molecule has 1 aromatic rings. The van der Waals surface area contributed by atoms with Crippen LogP contribution in [0.4, 0.5) is 5.69 Å². The van der Waals surface area contributed by atoms with E-state index in [1.54, 1.807) is 0 Å². The molecular formula is C18H28N2O. The van der Waals surface area contributed by atoms with Crippen LogP contribution in [0, 0.1) is 12.3 Å². The van der Waals surface area contributed by atoms with Gasteiger partial charge in [-0.15, -0.1) is 0 Å². The summed E-state index contributed by atoms with van der Waals surface area (Å²) >= 11 is 0. The number of amides is 1. The van der Waals surface area contributed by atoms with Crippen LogP contribution in [0.2, 0.25) is 0 Å². The van der Waals surface area contributed by atoms with Crippen LogP contribution >= 0.6 is 0 Å². The lowest BCUT2D eigenvalue weighted by Crippen LogP contribution is -2.32. The number of anilines is 1. The van der Waals surface area contributed by atoms with Crippen LogP contribution in [0.15, 0.2) is 18.2 Å². The van der Waals surface area contributed by atoms with Gasteiger partial charge in [-0.2, -0.15) is 0 Å². The second-order valence-corrected chi connectivity index (χ2v) is 6.99. The third kappa shape index (κ3) is 4.23. The summed E-state index contributed by atoms with van der Waals surface area (Å²) in [7, 11) is 0. The first-order valence-electron chi connectivity index (χ1n) is 8.07. The Labute approximate surface area is 128 Å². The van der Waals surface area contributed by atoms with Crippen molar-refractivity contribution in [2.75, 3.05) is 11.9 Å². The van der Waals surface area contributed by atoms with Crippen molar-refractivity contribution in [1.82, 2.24) is 5.32 Å². The minimum atomic E-state index is 0.00551. The van der Waals surface area contributed by atoms with Crippen molar-refractivity contribution in [2.45, 2.75) is 59.4 Å². The molecule has 1 fully saturated rings. The average Bonchev–Trinajstić information content (AvgIpc) is 2.40. The second-order valence-electron chi connectivity index (χ2n) is 6.99. The van der Waals surface area contributed by atoms with E-state index in [1.807, 2.05) is 25.1 Å². The fourth-order valence-corrected chi connectivity index (χ4v) is 3.27. The molecule has 0 bridgehead atoms. The van der Waals surface area contributed by atoms with Gasteiger partial charge in [-0.05, 0) is 62.3 Å². The number of carbonyl (C=O) groups excluding carboxylic acids is 1. The summed E-state index contributed by atoms with van der Waals surface area (Å²) in [6.07, 6.45) is 5.06. The highest BCUT2D eigenvalue weighted by Gasteiger charge is 2.27. The molecule has 0 radical (unpaired) electrons. The largest absolute Gasteiger partial charge is 0.382 e. The summed E-state index contributed by atoms with van der Waals surface area (Å²) in [5, 5.41) is 6.51. The fourth-order valence-electron chi connectivity index (χ4n) is 3.27. The maximum absolute atomic E-state index is 11.9. The molecule has 2 N–H and O–H groups in total. The van der Waals surface area contributed by atoms with Gasteiger partial charge in [-0.25, -0.2) is 0 Å². The molecule has 21 heavy (non-hydrogen) atoms. The van der Waals surface area contributed by atoms with Crippen LogP contribution < -0.4 is 10.6 Å². The molecule has 116 valence electrons. The summed E-state index contributed by atoms with van der Waals surface area (Å²) in [6.45, 7) is 9.37. The van der Waals surface area contributed by atoms with Crippen molar-refractivity contribution in [3.05, 3.63) is 29.3 Å². The maximum Gasteiger partial charge on any atom is 0.251 e. The third-order valence-electron chi connectivity index (χ3n) is 4.39. The first-order chi connectivity index (χ1) is 9.91. The Morgan fingerprint density at radius 2 is 2.14 bits per heavy atom. The van der Waals surface area contributed by atoms with E-state index in [2.05, 4.69) is 31.4 Å². The quantitative estimate of drug-likeness (QED) is 0.875. The Morgan fingerprint density at radius 1 is 1.38 bits per heavy atom. The second kappa shape index (κ2) is 6.50. The number of carbonyl (C=O) groups is 1. The number of nitrogens with one attached hydrogen (secondary N) is 2. The van der Waals surface area contributed by atoms with E-state index >= 15 is 0 Å². The third-order valence-corrected chi connectivity index (χ3v) is 4.39. The molecule has 3 heteroatoms. The van der Waals surface area contributed by atoms with Gasteiger partial charge in [0.15, 0.2) is 0 Å². The maximum atomic E-state index is 11.9. The van der Waals surface area contributed by atoms with Crippen LogP contribution in [-0.4, -0.2) is 18.5 Å². The van der Waals surface area contributed by atoms with Crippen molar-refractivity contribution in [3.8, 4) is 0 Å². The molecular weight excluding hydrogens is 260 g/mol. The number of rotatable bonds is 4. The van der Waals surface area contributed by atoms with Gasteiger partial charge in [-0.1, -0.05) is 20.3 Å². The molecule has 3 nitrogen and oxygen atoms in total. The number of hydrogen-bond donors (Lipinski definition) is 2. The van der Waals surface area contributed by atoms with Gasteiger partial charge < -0.3 is 10.6 Å². The van der Waals surface area contributed by atoms with E-state index < -0.39 is 0 Å². The smallest absolute Gasteiger partial charge is 0.251 e. The monoisotopic (exact) mass is 288 g/mol. The number of benzene rings is 1. The highest BCUT2D eigenvalue weighted by atomic mass is 16.1. The van der Waals surface area contributed by atoms with Crippen molar-refractivity contribution in [3.63, 3.8) is 0 Å². The van der Waals surface area contributed by atoms with E-state index in [4.69, 9.17) is 0 Å². The lowest BCUT2D eigenvalue weighted by atomic mass is 9.75. The molecule has 1 aromatic carbocycles. The number of aryl methyl sites for hydroxylation is 1. The van der Waals surface area contributed by atoms with Crippen molar-refractivity contribution in [2.24, 2.45) is 5.41 Å². The molecule has 0 saturated heterocycles. The normalized spacial score (nSPS) is 20.9. The van der Waals surface area contributed by atoms with Crippen LogP contribution in [0.3, 0.4) is 0 Å². The molecule has 1 atom stereocenters. The van der Waals surface area contributed by atoms with Gasteiger partial charge in [0.05, 0.1) is 0 Å². The highest BCUT2D eigenvalue weighted by molar-refractivity contribution is 5.94. The predicted octanol–water partition coefficient (Wildman–Crippen LogP) is 4.13. The molecule has 0 heterocycles. The zero-order valence-corrected chi connectivity index (χ0v) is 13.8. The minimum Gasteiger partial charge on any atom is -0.382 e. The van der Waals surface area contributed by atoms with Crippen LogP contribution in [0.25, 0.3) is 0 Å². The molecule has 1 saturated carbocycles. The zero-order chi connectivity index (χ0) is 15.5. The van der Waals surface area contributed by atoms with Gasteiger partial charge >= 0.3 is 0 Å². The van der Waals surface area contributed by atoms with Crippen molar-refractivity contribution in [1.29, 1.82) is 0 Å². The van der Waals surface area contributed by atoms with Gasteiger partial charge in [0.1, 0.15) is 0 Å². The average molecular weight is 288 g/mol. The molecule has 0 aromatic heterocycles. The molecule has 0 spiro atoms. The SMILES string of the molecule is CCNC(=O)c1ccc(NC2CCCC(C)(C)C2)c(C)c1. The van der Waals surface area contributed by atoms with E-state index in [1.165, 1.54) is 25.7 Å². The first kappa shape index (κ1) is 15.9. The Hall–Kier alpha value is -1.51. The molecule has 1 aliphatic carbocycles. The van der Waals surface area contributed by atoms with Gasteiger partial charge in [0, 0.05) is 23.8 Å². The Bertz CT molecular complexity index is 508. The molecule has 1 unspecified atom stereocenters. The highest BCUT2D eigenvalue weighted by Crippen LogP contribution is 2.36. The molecule has 1 aliphatic rings. The minimum absolute atomic E-state index is 0.00551. The van der Waals surface area contributed by atoms with Gasteiger partial charge in [0.25, 0.3) is 5.91 Å². The summed E-state index contributed by atoms with van der Waals surface area (Å²) in [5.41, 5.74) is 3.47. The lowest BCUT2D eigenvalue weighted by molar-refractivity contribution is 0.0956. The summed E-state index contributed by atoms with van der Waals surface area (Å²) < 4.78 is 0. The Balaban J connectivity index is 2.06. The summed E-state index contributed by atoms with van der Waals surface area (Å²) in [5.74, 6) is 0.00551. The van der Waals surface area contributed by atoms with Gasteiger partial charge in [-0.3, -0.25) is 4.79 Å². The van der Waals surface area contributed by atoms with Crippen molar-refractivity contribution >= 4 is 11.6 Å². The van der Waals surface area contributed by atoms with Crippen LogP contribution in [0.1, 0.15) is 62.4 Å². The first-order valence-corrected chi connectivity index (χ1v) is 8.07. The molecule has 0 aliphatic heterocycles. The summed E-state index contributed by atoms with van der Waals surface area (Å²) in [6, 6.07) is 6.47. The molecule has 2 rings (SSSR count). The van der Waals surface area contributed by atoms with E-state index in [0.717, 1.165) is 16.8 Å². The predicted molar refractivity (Wildman–Crippen MR) is 88.8 cm³/mol. The molecule has 1 amide bonds. The van der Waals surface area contributed by atoms with E-state index in [0.29, 0.717) is 18.0 Å². The standard InChI is InChI=1S/C18H28N2O/c1-5-19-17(21)14-8-9-16(13(2)11-14)20-15-7-6-10-18(3,4)12-15/h8-9,11,15,20H,5-7,10,12H2,1-4H3,(H,19,21). The Kier molecular flexibility index (Phi) is 4.92. The number of hydrogen-bond acceptors (Lipinski definition) is 2. The van der Waals surface area contributed by atoms with Crippen LogP contribution in [-0.2, 0) is 0 Å². The van der Waals surface area contributed by atoms with Crippen LogP contribution in [0.5, 0.6) is 0 Å². The van der Waals surface area contributed by atoms with E-state index in [-0.39, 0.29) is 5.91 Å². The van der Waals surface area contributed by atoms with E-state index in [9.17, 15) is 4.79 Å². The van der Waals surface area contributed by atoms with Crippen molar-refractivity contribution < 1.29 is 4.79 Å². The van der Waals surface area contributed by atoms with Gasteiger partial charge in [0.2, 0.25) is 0 Å². The topological polar surface area (TPSA) is 41.1 Å². The summed E-state index contributed by atoms with van der Waals surface area (Å²) in [4.78, 5) is 11.9.